The molecule has 0 bridgehead atoms. The van der Waals surface area contributed by atoms with Gasteiger partial charge < -0.3 is 15.1 Å². The molecule has 7 heteroatoms. The first-order chi connectivity index (χ1) is 10.9. The van der Waals surface area contributed by atoms with Gasteiger partial charge in [0.2, 0.25) is 0 Å². The van der Waals surface area contributed by atoms with Crippen molar-refractivity contribution in [3.8, 4) is 0 Å². The molecule has 2 aromatic carbocycles. The molecule has 5 nitrogen and oxygen atoms in total. The van der Waals surface area contributed by atoms with E-state index in [1.807, 2.05) is 0 Å². The fourth-order valence-electron chi connectivity index (χ4n) is 2.14. The molecule has 0 radical (unpaired) electrons. The lowest BCUT2D eigenvalue weighted by Crippen LogP contribution is -2.29. The molecule has 0 saturated heterocycles. The van der Waals surface area contributed by atoms with Crippen LogP contribution in [0.2, 0.25) is 6.82 Å². The minimum absolute atomic E-state index is 0.269. The minimum Gasteiger partial charge on any atom is -0.447 e. The van der Waals surface area contributed by atoms with E-state index in [-0.39, 0.29) is 23.5 Å². The average molecular weight is 310 g/mol. The van der Waals surface area contributed by atoms with Gasteiger partial charge in [-0.25, -0.2) is 0 Å². The monoisotopic (exact) mass is 310 g/mol. The van der Waals surface area contributed by atoms with Crippen molar-refractivity contribution in [2.75, 3.05) is 0 Å². The topological polar surface area (TPSA) is 94.8 Å². The summed E-state index contributed by atoms with van der Waals surface area (Å²) >= 11 is 0. The molecule has 0 fully saturated rings. The number of benzene rings is 2. The molecule has 0 atom stereocenters. The Kier molecular flexibility index (Phi) is 5.50. The minimum atomic E-state index is -1.59. The zero-order valence-corrected chi connectivity index (χ0v) is 12.6. The number of ketones is 2. The maximum atomic E-state index is 12.1. The Morgan fingerprint density at radius 1 is 0.783 bits per heavy atom. The third-order valence-electron chi connectivity index (χ3n) is 3.57. The summed E-state index contributed by atoms with van der Waals surface area (Å²) in [4.78, 5) is 24.2. The van der Waals surface area contributed by atoms with Crippen LogP contribution in [0.3, 0.4) is 0 Å². The molecule has 2 rings (SSSR count). The SMILES string of the molecule is CB(O)c1ccc(C(=O)CC(=O)c2ccc(B(O)O)cc2)cc1. The second-order valence-corrected chi connectivity index (χ2v) is 5.32. The first-order valence-electron chi connectivity index (χ1n) is 7.19. The Hall–Kier alpha value is -2.21. The highest BCUT2D eigenvalue weighted by Crippen LogP contribution is 2.08. The number of carbonyl (C=O) groups excluding carboxylic acids is 2. The van der Waals surface area contributed by atoms with Crippen LogP contribution in [0, 0.1) is 0 Å². The Labute approximate surface area is 134 Å². The summed E-state index contributed by atoms with van der Waals surface area (Å²) in [7, 11) is -1.59. The molecule has 23 heavy (non-hydrogen) atoms. The van der Waals surface area contributed by atoms with Crippen LogP contribution < -0.4 is 10.9 Å². The van der Waals surface area contributed by atoms with Crippen LogP contribution in [-0.4, -0.2) is 40.7 Å². The number of carbonyl (C=O) groups is 2. The second-order valence-electron chi connectivity index (χ2n) is 5.32. The Morgan fingerprint density at radius 3 is 1.52 bits per heavy atom. The third-order valence-corrected chi connectivity index (χ3v) is 3.57. The van der Waals surface area contributed by atoms with Crippen LogP contribution in [0.5, 0.6) is 0 Å². The molecule has 0 unspecified atom stereocenters. The van der Waals surface area contributed by atoms with Crippen molar-refractivity contribution in [3.63, 3.8) is 0 Å². The van der Waals surface area contributed by atoms with E-state index in [0.717, 1.165) is 0 Å². The molecule has 0 aromatic heterocycles. The molecule has 2 aromatic rings. The van der Waals surface area contributed by atoms with E-state index >= 15 is 0 Å². The summed E-state index contributed by atoms with van der Waals surface area (Å²) in [5.74, 6) is -0.646. The van der Waals surface area contributed by atoms with Gasteiger partial charge in [0.05, 0.1) is 6.42 Å². The second kappa shape index (κ2) is 7.37. The lowest BCUT2D eigenvalue weighted by molar-refractivity contribution is 0.0894. The lowest BCUT2D eigenvalue weighted by atomic mass is 9.64. The molecule has 0 spiro atoms. The lowest BCUT2D eigenvalue weighted by Gasteiger charge is -2.05. The summed E-state index contributed by atoms with van der Waals surface area (Å²) in [5, 5.41) is 27.4. The fraction of sp³-hybridized carbons (Fsp3) is 0.125. The van der Waals surface area contributed by atoms with E-state index in [0.29, 0.717) is 16.6 Å². The fourth-order valence-corrected chi connectivity index (χ4v) is 2.14. The normalized spacial score (nSPS) is 10.3. The van der Waals surface area contributed by atoms with Crippen molar-refractivity contribution >= 4 is 36.5 Å². The van der Waals surface area contributed by atoms with Crippen molar-refractivity contribution in [2.24, 2.45) is 0 Å². The molecule has 0 heterocycles. The molecule has 0 aliphatic heterocycles. The quantitative estimate of drug-likeness (QED) is 0.385. The highest BCUT2D eigenvalue weighted by Gasteiger charge is 2.16. The summed E-state index contributed by atoms with van der Waals surface area (Å²) in [5.41, 5.74) is 1.72. The van der Waals surface area contributed by atoms with Gasteiger partial charge in [0.1, 0.15) is 0 Å². The molecule has 0 saturated carbocycles. The first kappa shape index (κ1) is 17.1. The van der Waals surface area contributed by atoms with Crippen molar-refractivity contribution < 1.29 is 24.7 Å². The summed E-state index contributed by atoms with van der Waals surface area (Å²) in [6.07, 6.45) is -0.269. The summed E-state index contributed by atoms with van der Waals surface area (Å²) < 4.78 is 0. The number of hydrogen-bond donors (Lipinski definition) is 3. The zero-order valence-electron chi connectivity index (χ0n) is 12.6. The van der Waals surface area contributed by atoms with Crippen molar-refractivity contribution in [3.05, 3.63) is 59.7 Å². The van der Waals surface area contributed by atoms with Gasteiger partial charge in [0, 0.05) is 11.1 Å². The van der Waals surface area contributed by atoms with Crippen molar-refractivity contribution in [2.45, 2.75) is 13.2 Å². The Balaban J connectivity index is 2.05. The van der Waals surface area contributed by atoms with Crippen LogP contribution in [0.15, 0.2) is 48.5 Å². The molecule has 116 valence electrons. The molecule has 0 aliphatic carbocycles. The highest BCUT2D eigenvalue weighted by molar-refractivity contribution is 6.64. The molecule has 0 amide bonds. The van der Waals surface area contributed by atoms with E-state index in [2.05, 4.69) is 0 Å². The van der Waals surface area contributed by atoms with E-state index in [9.17, 15) is 14.6 Å². The van der Waals surface area contributed by atoms with E-state index in [1.165, 1.54) is 24.3 Å². The van der Waals surface area contributed by atoms with Crippen LogP contribution in [-0.2, 0) is 0 Å². The van der Waals surface area contributed by atoms with Crippen LogP contribution in [0.1, 0.15) is 27.1 Å². The predicted molar refractivity (Wildman–Crippen MR) is 89.5 cm³/mol. The van der Waals surface area contributed by atoms with Gasteiger partial charge in [-0.05, 0) is 10.9 Å². The molecule has 0 aliphatic rings. The molecular weight excluding hydrogens is 294 g/mol. The zero-order chi connectivity index (χ0) is 17.0. The third kappa shape index (κ3) is 4.39. The largest absolute Gasteiger partial charge is 0.488 e. The van der Waals surface area contributed by atoms with Gasteiger partial charge in [-0.15, -0.1) is 0 Å². The van der Waals surface area contributed by atoms with Crippen LogP contribution in [0.4, 0.5) is 0 Å². The highest BCUT2D eigenvalue weighted by atomic mass is 16.4. The van der Waals surface area contributed by atoms with Gasteiger partial charge in [0.25, 0.3) is 0 Å². The number of rotatable bonds is 6. The molecule has 3 N–H and O–H groups in total. The van der Waals surface area contributed by atoms with Gasteiger partial charge in [-0.1, -0.05) is 55.4 Å². The average Bonchev–Trinajstić information content (AvgIpc) is 2.54. The van der Waals surface area contributed by atoms with Crippen molar-refractivity contribution in [1.82, 2.24) is 0 Å². The standard InChI is InChI=1S/C16H16B2O5/c1-17(21)13-6-2-11(3-7-13)15(19)10-16(20)12-4-8-14(9-5-12)18(22)23/h2-9,21-23H,10H2,1H3. The maximum Gasteiger partial charge on any atom is 0.488 e. The Morgan fingerprint density at radius 2 is 1.17 bits per heavy atom. The smallest absolute Gasteiger partial charge is 0.447 e. The van der Waals surface area contributed by atoms with E-state index in [1.54, 1.807) is 31.1 Å². The van der Waals surface area contributed by atoms with E-state index in [4.69, 9.17) is 10.0 Å². The van der Waals surface area contributed by atoms with Crippen LogP contribution >= 0.6 is 0 Å². The van der Waals surface area contributed by atoms with Crippen LogP contribution in [0.25, 0.3) is 0 Å². The Bertz CT molecular complexity index is 632. The van der Waals surface area contributed by atoms with Gasteiger partial charge in [-0.3, -0.25) is 9.59 Å². The molecular formula is C16H16B2O5. The van der Waals surface area contributed by atoms with Gasteiger partial charge in [-0.2, -0.15) is 0 Å². The van der Waals surface area contributed by atoms with E-state index < -0.39 is 14.0 Å². The maximum absolute atomic E-state index is 12.1. The van der Waals surface area contributed by atoms with Crippen molar-refractivity contribution in [1.29, 1.82) is 0 Å². The summed E-state index contributed by atoms with van der Waals surface area (Å²) in [6, 6.07) is 12.3. The number of Topliss-reactive ketones (excluding diaryl/α,β-unsaturated/α-hetero) is 2. The van der Waals surface area contributed by atoms with Gasteiger partial charge >= 0.3 is 14.0 Å². The first-order valence-corrected chi connectivity index (χ1v) is 7.19. The van der Waals surface area contributed by atoms with Gasteiger partial charge in [0.15, 0.2) is 11.6 Å². The number of hydrogen-bond acceptors (Lipinski definition) is 5. The predicted octanol–water partition coefficient (Wildman–Crippen LogP) is -0.357. The summed E-state index contributed by atoms with van der Waals surface area (Å²) in [6.45, 7) is 1.02.